The van der Waals surface area contributed by atoms with Gasteiger partial charge in [-0.15, -0.1) is 0 Å². The van der Waals surface area contributed by atoms with Crippen LogP contribution in [0.3, 0.4) is 0 Å². The number of hydrogen-bond donors (Lipinski definition) is 1. The van der Waals surface area contributed by atoms with E-state index in [1.807, 2.05) is 30.3 Å². The van der Waals surface area contributed by atoms with Crippen molar-refractivity contribution in [1.29, 1.82) is 5.26 Å². The Bertz CT molecular complexity index is 1050. The lowest BCUT2D eigenvalue weighted by Crippen LogP contribution is -2.07. The number of nitrogens with zero attached hydrogens (tertiary/aromatic N) is 1. The number of para-hydroxylation sites is 2. The fourth-order valence-electron chi connectivity index (χ4n) is 2.58. The lowest BCUT2D eigenvalue weighted by molar-refractivity contribution is -0.111. The highest BCUT2D eigenvalue weighted by molar-refractivity contribution is 6.01. The van der Waals surface area contributed by atoms with Gasteiger partial charge in [0, 0.05) is 11.8 Å². The summed E-state index contributed by atoms with van der Waals surface area (Å²) in [5.74, 6) is 2.24. The third-order valence-corrected chi connectivity index (χ3v) is 4.03. The molecule has 6 nitrogen and oxygen atoms in total. The van der Waals surface area contributed by atoms with E-state index in [2.05, 4.69) is 5.32 Å². The first-order valence-corrected chi connectivity index (χ1v) is 9.18. The average molecular weight is 400 g/mol. The molecule has 0 fully saturated rings. The van der Waals surface area contributed by atoms with E-state index in [9.17, 15) is 4.79 Å². The third kappa shape index (κ3) is 5.88. The predicted octanol–water partition coefficient (Wildman–Crippen LogP) is 5.04. The van der Waals surface area contributed by atoms with Crippen LogP contribution in [-0.4, -0.2) is 19.6 Å². The summed E-state index contributed by atoms with van der Waals surface area (Å²) in [6.07, 6.45) is 3.15. The zero-order valence-corrected chi connectivity index (χ0v) is 16.4. The molecule has 0 bridgehead atoms. The van der Waals surface area contributed by atoms with Crippen LogP contribution in [-0.2, 0) is 4.79 Å². The highest BCUT2D eigenvalue weighted by Crippen LogP contribution is 2.31. The van der Waals surface area contributed by atoms with Gasteiger partial charge in [-0.25, -0.2) is 0 Å². The minimum atomic E-state index is -0.252. The molecule has 0 aromatic heterocycles. The second kappa shape index (κ2) is 10.3. The quantitative estimate of drug-likeness (QED) is 0.536. The van der Waals surface area contributed by atoms with Crippen LogP contribution in [0.1, 0.15) is 5.56 Å². The van der Waals surface area contributed by atoms with Crippen molar-refractivity contribution in [2.24, 2.45) is 0 Å². The lowest BCUT2D eigenvalue weighted by Gasteiger charge is -2.10. The number of ether oxygens (including phenoxy) is 3. The molecule has 0 atom stereocenters. The Balaban J connectivity index is 1.55. The van der Waals surface area contributed by atoms with Crippen molar-refractivity contribution < 1.29 is 19.0 Å². The molecule has 0 saturated heterocycles. The van der Waals surface area contributed by atoms with Crippen LogP contribution >= 0.6 is 0 Å². The largest absolute Gasteiger partial charge is 0.493 e. The number of carbonyl (C=O) groups is 1. The molecule has 0 aliphatic heterocycles. The lowest BCUT2D eigenvalue weighted by atomic mass is 10.2. The highest BCUT2D eigenvalue weighted by Gasteiger charge is 2.05. The number of nitrogens with one attached hydrogen (secondary N) is 1. The molecule has 6 heteroatoms. The van der Waals surface area contributed by atoms with Crippen LogP contribution in [0, 0.1) is 11.3 Å². The van der Waals surface area contributed by atoms with E-state index in [1.54, 1.807) is 61.7 Å². The highest BCUT2D eigenvalue weighted by atomic mass is 16.5. The SMILES string of the molecule is COc1ccccc1Oc1ccc(NC(=O)/C=C/c2ccc(OCC#N)cc2)cc1. The van der Waals surface area contributed by atoms with Crippen molar-refractivity contribution in [3.63, 3.8) is 0 Å². The molecule has 3 aromatic carbocycles. The maximum atomic E-state index is 12.1. The summed E-state index contributed by atoms with van der Waals surface area (Å²) in [4.78, 5) is 12.1. The summed E-state index contributed by atoms with van der Waals surface area (Å²) < 4.78 is 16.3. The molecule has 0 radical (unpaired) electrons. The zero-order valence-electron chi connectivity index (χ0n) is 16.4. The summed E-state index contributed by atoms with van der Waals surface area (Å²) >= 11 is 0. The van der Waals surface area contributed by atoms with Gasteiger partial charge >= 0.3 is 0 Å². The van der Waals surface area contributed by atoms with Crippen molar-refractivity contribution in [3.8, 4) is 29.1 Å². The summed E-state index contributed by atoms with van der Waals surface area (Å²) in [7, 11) is 1.59. The maximum Gasteiger partial charge on any atom is 0.248 e. The fourth-order valence-corrected chi connectivity index (χ4v) is 2.58. The van der Waals surface area contributed by atoms with E-state index in [-0.39, 0.29) is 12.5 Å². The molecular weight excluding hydrogens is 380 g/mol. The van der Waals surface area contributed by atoms with Gasteiger partial charge in [-0.1, -0.05) is 24.3 Å². The number of carbonyl (C=O) groups excluding carboxylic acids is 1. The van der Waals surface area contributed by atoms with Crippen molar-refractivity contribution in [2.75, 3.05) is 19.0 Å². The average Bonchev–Trinajstić information content (AvgIpc) is 2.78. The first-order valence-electron chi connectivity index (χ1n) is 9.18. The summed E-state index contributed by atoms with van der Waals surface area (Å²) in [5, 5.41) is 11.3. The molecule has 30 heavy (non-hydrogen) atoms. The minimum Gasteiger partial charge on any atom is -0.493 e. The first kappa shape index (κ1) is 20.5. The minimum absolute atomic E-state index is 0.000312. The van der Waals surface area contributed by atoms with Crippen molar-refractivity contribution >= 4 is 17.7 Å². The molecule has 0 unspecified atom stereocenters. The first-order chi connectivity index (χ1) is 14.7. The van der Waals surface area contributed by atoms with Crippen molar-refractivity contribution in [3.05, 3.63) is 84.4 Å². The topological polar surface area (TPSA) is 80.6 Å². The third-order valence-electron chi connectivity index (χ3n) is 4.03. The number of amides is 1. The molecule has 1 amide bonds. The Hall–Kier alpha value is -4.24. The van der Waals surface area contributed by atoms with E-state index in [1.165, 1.54) is 6.08 Å². The molecular formula is C24H20N2O4. The van der Waals surface area contributed by atoms with Crippen LogP contribution in [0.15, 0.2) is 78.9 Å². The van der Waals surface area contributed by atoms with Crippen LogP contribution in [0.2, 0.25) is 0 Å². The molecule has 150 valence electrons. The van der Waals surface area contributed by atoms with Gasteiger partial charge in [0.15, 0.2) is 18.1 Å². The smallest absolute Gasteiger partial charge is 0.248 e. The molecule has 0 heterocycles. The number of methoxy groups -OCH3 is 1. The summed E-state index contributed by atoms with van der Waals surface area (Å²) in [5.41, 5.74) is 1.49. The maximum absolute atomic E-state index is 12.1. The number of rotatable bonds is 8. The van der Waals surface area contributed by atoms with Crippen LogP contribution < -0.4 is 19.5 Å². The molecule has 1 N–H and O–H groups in total. The monoisotopic (exact) mass is 400 g/mol. The molecule has 0 saturated carbocycles. The Morgan fingerprint density at radius 2 is 1.63 bits per heavy atom. The van der Waals surface area contributed by atoms with E-state index in [0.717, 1.165) is 5.56 Å². The predicted molar refractivity (Wildman–Crippen MR) is 115 cm³/mol. The summed E-state index contributed by atoms with van der Waals surface area (Å²) in [6.45, 7) is 0.000312. The van der Waals surface area contributed by atoms with Gasteiger partial charge in [-0.2, -0.15) is 5.26 Å². The fraction of sp³-hybridized carbons (Fsp3) is 0.0833. The van der Waals surface area contributed by atoms with Gasteiger partial charge in [0.25, 0.3) is 0 Å². The zero-order chi connectivity index (χ0) is 21.2. The molecule has 0 aliphatic rings. The summed E-state index contributed by atoms with van der Waals surface area (Å²) in [6, 6.07) is 23.5. The second-order valence-corrected chi connectivity index (χ2v) is 6.12. The van der Waals surface area contributed by atoms with Gasteiger partial charge in [0.1, 0.15) is 17.6 Å². The number of hydrogen-bond acceptors (Lipinski definition) is 5. The molecule has 3 rings (SSSR count). The Labute approximate surface area is 174 Å². The van der Waals surface area contributed by atoms with Gasteiger partial charge in [-0.3, -0.25) is 4.79 Å². The Morgan fingerprint density at radius 1 is 0.967 bits per heavy atom. The van der Waals surface area contributed by atoms with Crippen molar-refractivity contribution in [2.45, 2.75) is 0 Å². The molecule has 0 aliphatic carbocycles. The second-order valence-electron chi connectivity index (χ2n) is 6.12. The van der Waals surface area contributed by atoms with E-state index in [4.69, 9.17) is 19.5 Å². The molecule has 3 aromatic rings. The Kier molecular flexibility index (Phi) is 7.07. The van der Waals surface area contributed by atoms with Crippen LogP contribution in [0.5, 0.6) is 23.0 Å². The number of nitriles is 1. The number of anilines is 1. The van der Waals surface area contributed by atoms with Crippen LogP contribution in [0.25, 0.3) is 6.08 Å². The van der Waals surface area contributed by atoms with Gasteiger partial charge < -0.3 is 19.5 Å². The van der Waals surface area contributed by atoms with E-state index in [0.29, 0.717) is 28.7 Å². The standard InChI is InChI=1S/C24H20N2O4/c1-28-22-4-2-3-5-23(22)30-21-13-9-19(10-14-21)26-24(27)15-8-18-6-11-20(12-7-18)29-17-16-25/h2-15H,17H2,1H3,(H,26,27)/b15-8+. The normalized spacial score (nSPS) is 10.3. The van der Waals surface area contributed by atoms with E-state index < -0.39 is 0 Å². The Morgan fingerprint density at radius 3 is 2.30 bits per heavy atom. The van der Waals surface area contributed by atoms with E-state index >= 15 is 0 Å². The van der Waals surface area contributed by atoms with Gasteiger partial charge in [-0.05, 0) is 60.2 Å². The number of benzene rings is 3. The van der Waals surface area contributed by atoms with Crippen molar-refractivity contribution in [1.82, 2.24) is 0 Å². The molecule has 0 spiro atoms. The van der Waals surface area contributed by atoms with Gasteiger partial charge in [0.2, 0.25) is 5.91 Å². The van der Waals surface area contributed by atoms with Crippen LogP contribution in [0.4, 0.5) is 5.69 Å². The van der Waals surface area contributed by atoms with Gasteiger partial charge in [0.05, 0.1) is 7.11 Å².